The standard InChI is InChI=1S/C16H14N2O3S/c1-10-8-13(9-12-4-7-15(19)18-16(10)12)11-2-5-14(6-3-11)22(17,20)21/h2-9H,1H3,(H,18,19)(H2,17,20,21). The second kappa shape index (κ2) is 5.08. The van der Waals surface area contributed by atoms with Gasteiger partial charge in [0, 0.05) is 6.07 Å². The molecule has 0 saturated heterocycles. The molecule has 0 spiro atoms. The van der Waals surface area contributed by atoms with Crippen molar-refractivity contribution in [3.63, 3.8) is 0 Å². The van der Waals surface area contributed by atoms with Gasteiger partial charge in [-0.2, -0.15) is 0 Å². The summed E-state index contributed by atoms with van der Waals surface area (Å²) in [5.74, 6) is 0. The van der Waals surface area contributed by atoms with Crippen LogP contribution in [0.2, 0.25) is 0 Å². The highest BCUT2D eigenvalue weighted by Gasteiger charge is 2.08. The molecule has 112 valence electrons. The number of nitrogens with two attached hydrogens (primary N) is 1. The van der Waals surface area contributed by atoms with Gasteiger partial charge >= 0.3 is 0 Å². The van der Waals surface area contributed by atoms with Crippen LogP contribution in [0.25, 0.3) is 22.0 Å². The van der Waals surface area contributed by atoms with Gasteiger partial charge in [0.05, 0.1) is 10.4 Å². The third kappa shape index (κ3) is 2.66. The van der Waals surface area contributed by atoms with Crippen molar-refractivity contribution in [3.05, 3.63) is 64.4 Å². The van der Waals surface area contributed by atoms with Crippen LogP contribution in [0, 0.1) is 6.92 Å². The van der Waals surface area contributed by atoms with Crippen LogP contribution in [0.4, 0.5) is 0 Å². The minimum atomic E-state index is -3.69. The first-order chi connectivity index (χ1) is 10.3. The van der Waals surface area contributed by atoms with Crippen molar-refractivity contribution >= 4 is 20.9 Å². The minimum Gasteiger partial charge on any atom is -0.322 e. The molecule has 0 aliphatic heterocycles. The zero-order valence-electron chi connectivity index (χ0n) is 11.8. The fourth-order valence-electron chi connectivity index (χ4n) is 2.45. The van der Waals surface area contributed by atoms with E-state index in [1.54, 1.807) is 18.2 Å². The molecular weight excluding hydrogens is 300 g/mol. The van der Waals surface area contributed by atoms with Crippen LogP contribution in [0.3, 0.4) is 0 Å². The summed E-state index contributed by atoms with van der Waals surface area (Å²) in [6.45, 7) is 1.92. The van der Waals surface area contributed by atoms with Crippen molar-refractivity contribution in [1.29, 1.82) is 0 Å². The van der Waals surface area contributed by atoms with Gasteiger partial charge < -0.3 is 4.98 Å². The zero-order chi connectivity index (χ0) is 15.9. The van der Waals surface area contributed by atoms with Gasteiger partial charge in [0.2, 0.25) is 15.6 Å². The Morgan fingerprint density at radius 2 is 1.64 bits per heavy atom. The summed E-state index contributed by atoms with van der Waals surface area (Å²) in [7, 11) is -3.69. The highest BCUT2D eigenvalue weighted by atomic mass is 32.2. The second-order valence-corrected chi connectivity index (χ2v) is 6.71. The van der Waals surface area contributed by atoms with Crippen LogP contribution in [0.5, 0.6) is 0 Å². The molecule has 0 atom stereocenters. The largest absolute Gasteiger partial charge is 0.322 e. The third-order valence-electron chi connectivity index (χ3n) is 3.54. The highest BCUT2D eigenvalue weighted by Crippen LogP contribution is 2.26. The fraction of sp³-hybridized carbons (Fsp3) is 0.0625. The van der Waals surface area contributed by atoms with E-state index in [-0.39, 0.29) is 10.5 Å². The van der Waals surface area contributed by atoms with Gasteiger partial charge in [-0.25, -0.2) is 13.6 Å². The lowest BCUT2D eigenvalue weighted by atomic mass is 10.0. The number of fused-ring (bicyclic) bond motifs is 1. The number of aromatic nitrogens is 1. The molecule has 22 heavy (non-hydrogen) atoms. The van der Waals surface area contributed by atoms with E-state index < -0.39 is 10.0 Å². The summed E-state index contributed by atoms with van der Waals surface area (Å²) in [4.78, 5) is 14.3. The van der Waals surface area contributed by atoms with E-state index >= 15 is 0 Å². The van der Waals surface area contributed by atoms with Crippen molar-refractivity contribution in [3.8, 4) is 11.1 Å². The number of H-pyrrole nitrogens is 1. The molecule has 2 aromatic carbocycles. The topological polar surface area (TPSA) is 93.0 Å². The van der Waals surface area contributed by atoms with Gasteiger partial charge in [-0.05, 0) is 59.3 Å². The zero-order valence-corrected chi connectivity index (χ0v) is 12.6. The fourth-order valence-corrected chi connectivity index (χ4v) is 2.97. The molecule has 0 unspecified atom stereocenters. The maximum Gasteiger partial charge on any atom is 0.248 e. The van der Waals surface area contributed by atoms with Gasteiger partial charge in [0.1, 0.15) is 0 Å². The molecule has 3 aromatic rings. The van der Waals surface area contributed by atoms with Crippen LogP contribution in [0.15, 0.2) is 58.2 Å². The summed E-state index contributed by atoms with van der Waals surface area (Å²) in [6, 6.07) is 13.5. The first-order valence-corrected chi connectivity index (χ1v) is 8.16. The van der Waals surface area contributed by atoms with Gasteiger partial charge in [-0.1, -0.05) is 12.1 Å². The quantitative estimate of drug-likeness (QED) is 0.759. The number of benzene rings is 2. The molecule has 1 aromatic heterocycles. The summed E-state index contributed by atoms with van der Waals surface area (Å²) < 4.78 is 22.6. The third-order valence-corrected chi connectivity index (χ3v) is 4.47. The number of pyridine rings is 1. The molecule has 0 aliphatic carbocycles. The molecule has 0 amide bonds. The van der Waals surface area contributed by atoms with Crippen molar-refractivity contribution in [2.24, 2.45) is 5.14 Å². The average molecular weight is 314 g/mol. The van der Waals surface area contributed by atoms with E-state index in [4.69, 9.17) is 5.14 Å². The normalized spacial score (nSPS) is 11.7. The van der Waals surface area contributed by atoms with E-state index in [1.807, 2.05) is 19.1 Å². The van der Waals surface area contributed by atoms with Crippen LogP contribution in [0.1, 0.15) is 5.56 Å². The van der Waals surface area contributed by atoms with Gasteiger partial charge in [0.15, 0.2) is 0 Å². The van der Waals surface area contributed by atoms with E-state index in [2.05, 4.69) is 4.98 Å². The lowest BCUT2D eigenvalue weighted by molar-refractivity contribution is 0.598. The molecule has 6 heteroatoms. The number of rotatable bonds is 2. The van der Waals surface area contributed by atoms with E-state index in [0.717, 1.165) is 27.6 Å². The van der Waals surface area contributed by atoms with Gasteiger partial charge in [0.25, 0.3) is 0 Å². The maximum absolute atomic E-state index is 11.4. The Morgan fingerprint density at radius 3 is 2.27 bits per heavy atom. The summed E-state index contributed by atoms with van der Waals surface area (Å²) in [5.41, 5.74) is 3.43. The first-order valence-electron chi connectivity index (χ1n) is 6.61. The minimum absolute atomic E-state index is 0.0816. The van der Waals surface area contributed by atoms with Crippen LogP contribution in [-0.2, 0) is 10.0 Å². The highest BCUT2D eigenvalue weighted by molar-refractivity contribution is 7.89. The van der Waals surface area contributed by atoms with Crippen molar-refractivity contribution in [2.45, 2.75) is 11.8 Å². The molecule has 0 aliphatic rings. The monoisotopic (exact) mass is 314 g/mol. The number of nitrogens with one attached hydrogen (secondary N) is 1. The Kier molecular flexibility index (Phi) is 3.35. The maximum atomic E-state index is 11.4. The predicted octanol–water partition coefficient (Wildman–Crippen LogP) is 2.15. The Labute approximate surface area is 127 Å². The molecule has 3 rings (SSSR count). The van der Waals surface area contributed by atoms with Crippen LogP contribution >= 0.6 is 0 Å². The van der Waals surface area contributed by atoms with E-state index in [9.17, 15) is 13.2 Å². The van der Waals surface area contributed by atoms with Crippen LogP contribution < -0.4 is 10.7 Å². The first kappa shape index (κ1) is 14.5. The van der Waals surface area contributed by atoms with Gasteiger partial charge in [-0.3, -0.25) is 4.79 Å². The Morgan fingerprint density at radius 1 is 0.955 bits per heavy atom. The van der Waals surface area contributed by atoms with Crippen molar-refractivity contribution in [1.82, 2.24) is 4.98 Å². The molecule has 3 N–H and O–H groups in total. The lowest BCUT2D eigenvalue weighted by Crippen LogP contribution is -2.11. The molecule has 0 saturated carbocycles. The number of hydrogen-bond donors (Lipinski definition) is 2. The Bertz CT molecular complexity index is 1020. The SMILES string of the molecule is Cc1cc(-c2ccc(S(N)(=O)=O)cc2)cc2ccc(=O)[nH]c12. The van der Waals surface area contributed by atoms with E-state index in [0.29, 0.717) is 0 Å². The molecule has 0 bridgehead atoms. The number of aromatic amines is 1. The summed E-state index contributed by atoms with van der Waals surface area (Å²) in [6.07, 6.45) is 0. The van der Waals surface area contributed by atoms with Crippen LogP contribution in [-0.4, -0.2) is 13.4 Å². The molecule has 0 fully saturated rings. The molecule has 5 nitrogen and oxygen atoms in total. The average Bonchev–Trinajstić information content (AvgIpc) is 2.47. The predicted molar refractivity (Wildman–Crippen MR) is 86.1 cm³/mol. The van der Waals surface area contributed by atoms with Crippen molar-refractivity contribution < 1.29 is 8.42 Å². The summed E-state index contributed by atoms with van der Waals surface area (Å²) >= 11 is 0. The lowest BCUT2D eigenvalue weighted by Gasteiger charge is -2.08. The number of primary sulfonamides is 1. The number of aryl methyl sites for hydroxylation is 1. The number of hydrogen-bond acceptors (Lipinski definition) is 3. The molecule has 1 heterocycles. The van der Waals surface area contributed by atoms with Crippen molar-refractivity contribution in [2.75, 3.05) is 0 Å². The Hall–Kier alpha value is -2.44. The molecule has 0 radical (unpaired) electrons. The van der Waals surface area contributed by atoms with Gasteiger partial charge in [-0.15, -0.1) is 0 Å². The second-order valence-electron chi connectivity index (χ2n) is 5.15. The smallest absolute Gasteiger partial charge is 0.248 e. The van der Waals surface area contributed by atoms with E-state index in [1.165, 1.54) is 18.2 Å². The Balaban J connectivity index is 2.14. The summed E-state index contributed by atoms with van der Waals surface area (Å²) in [5, 5.41) is 6.02. The number of sulfonamides is 1. The molecular formula is C16H14N2O3S.